The van der Waals surface area contributed by atoms with E-state index in [1.54, 1.807) is 12.1 Å². The minimum absolute atomic E-state index is 0.0973. The monoisotopic (exact) mass is 294 g/mol. The summed E-state index contributed by atoms with van der Waals surface area (Å²) in [5.74, 6) is 1.25. The van der Waals surface area contributed by atoms with Gasteiger partial charge in [0.05, 0.1) is 17.1 Å². The number of carbonyl (C=O) groups is 1. The number of hydrogen-bond donors (Lipinski definition) is 1. The van der Waals surface area contributed by atoms with Crippen LogP contribution in [-0.2, 0) is 0 Å². The van der Waals surface area contributed by atoms with E-state index in [2.05, 4.69) is 21.2 Å². The zero-order chi connectivity index (χ0) is 15.1. The van der Waals surface area contributed by atoms with Crippen LogP contribution >= 0.6 is 0 Å². The molecule has 5 heteroatoms. The van der Waals surface area contributed by atoms with Gasteiger partial charge in [0.2, 0.25) is 0 Å². The van der Waals surface area contributed by atoms with Crippen LogP contribution in [0, 0.1) is 23.2 Å². The third-order valence-electron chi connectivity index (χ3n) is 5.20. The van der Waals surface area contributed by atoms with E-state index in [1.807, 2.05) is 6.07 Å². The highest BCUT2D eigenvalue weighted by molar-refractivity contribution is 6.06. The third-order valence-corrected chi connectivity index (χ3v) is 5.20. The maximum atomic E-state index is 12.7. The number of carbonyl (C=O) groups excluding carboxylic acids is 1. The number of aromatic nitrogens is 2. The number of rotatable bonds is 3. The van der Waals surface area contributed by atoms with Crippen LogP contribution in [0.2, 0.25) is 0 Å². The van der Waals surface area contributed by atoms with Gasteiger partial charge in [-0.1, -0.05) is 0 Å². The van der Waals surface area contributed by atoms with Crippen molar-refractivity contribution in [1.29, 1.82) is 5.26 Å². The molecule has 22 heavy (non-hydrogen) atoms. The van der Waals surface area contributed by atoms with Crippen molar-refractivity contribution in [3.05, 3.63) is 29.5 Å². The van der Waals surface area contributed by atoms with E-state index in [-0.39, 0.29) is 5.78 Å². The van der Waals surface area contributed by atoms with Gasteiger partial charge in [-0.15, -0.1) is 0 Å². The lowest BCUT2D eigenvalue weighted by Crippen LogP contribution is -2.47. The van der Waals surface area contributed by atoms with Gasteiger partial charge in [0, 0.05) is 18.4 Å². The summed E-state index contributed by atoms with van der Waals surface area (Å²) in [6.45, 7) is 3.42. The number of ketones is 1. The summed E-state index contributed by atoms with van der Waals surface area (Å²) >= 11 is 0. The molecule has 4 heterocycles. The van der Waals surface area contributed by atoms with Gasteiger partial charge in [0.15, 0.2) is 5.78 Å². The van der Waals surface area contributed by atoms with Crippen LogP contribution in [0.15, 0.2) is 18.2 Å². The number of nitrogens with zero attached hydrogens (tertiary/aromatic N) is 3. The third kappa shape index (κ3) is 2.20. The lowest BCUT2D eigenvalue weighted by Gasteiger charge is -2.44. The molecule has 112 valence electrons. The van der Waals surface area contributed by atoms with Crippen molar-refractivity contribution in [2.45, 2.75) is 19.3 Å². The predicted molar refractivity (Wildman–Crippen MR) is 82.4 cm³/mol. The van der Waals surface area contributed by atoms with Gasteiger partial charge < -0.3 is 4.90 Å². The Morgan fingerprint density at radius 3 is 2.91 bits per heavy atom. The Hall–Kier alpha value is -2.19. The Morgan fingerprint density at radius 2 is 2.23 bits per heavy atom. The molecule has 1 atom stereocenters. The van der Waals surface area contributed by atoms with Crippen molar-refractivity contribution in [2.75, 3.05) is 19.6 Å². The number of nitriles is 1. The number of fused-ring (bicyclic) bond motifs is 4. The Bertz CT molecular complexity index is 765. The highest BCUT2D eigenvalue weighted by Crippen LogP contribution is 2.35. The van der Waals surface area contributed by atoms with Crippen molar-refractivity contribution >= 4 is 16.7 Å². The van der Waals surface area contributed by atoms with Gasteiger partial charge in [-0.3, -0.25) is 9.89 Å². The van der Waals surface area contributed by atoms with Crippen LogP contribution in [0.4, 0.5) is 0 Å². The van der Waals surface area contributed by atoms with E-state index < -0.39 is 0 Å². The minimum Gasteiger partial charge on any atom is -0.303 e. The normalized spacial score (nSPS) is 27.0. The van der Waals surface area contributed by atoms with Crippen LogP contribution < -0.4 is 0 Å². The second-order valence-corrected chi connectivity index (χ2v) is 6.47. The lowest BCUT2D eigenvalue weighted by molar-refractivity contribution is 0.0440. The topological polar surface area (TPSA) is 72.8 Å². The van der Waals surface area contributed by atoms with E-state index in [4.69, 9.17) is 5.26 Å². The Balaban J connectivity index is 1.59. The first kappa shape index (κ1) is 13.5. The number of hydrogen-bond acceptors (Lipinski definition) is 4. The molecule has 2 aromatic rings. The van der Waals surface area contributed by atoms with Gasteiger partial charge in [-0.05, 0) is 56.0 Å². The molecule has 2 bridgehead atoms. The summed E-state index contributed by atoms with van der Waals surface area (Å²) in [5, 5.41) is 16.9. The first-order valence-corrected chi connectivity index (χ1v) is 7.88. The first-order chi connectivity index (χ1) is 10.7. The number of aromatic amines is 1. The number of piperidine rings is 3. The molecule has 5 rings (SSSR count). The van der Waals surface area contributed by atoms with Crippen molar-refractivity contribution in [3.8, 4) is 6.07 Å². The summed E-state index contributed by atoms with van der Waals surface area (Å²) in [6.07, 6.45) is 3.01. The average Bonchev–Trinajstić information content (AvgIpc) is 2.99. The molecule has 3 aliphatic heterocycles. The Kier molecular flexibility index (Phi) is 3.20. The molecule has 3 fully saturated rings. The molecule has 1 aromatic carbocycles. The molecule has 1 N–H and O–H groups in total. The Morgan fingerprint density at radius 1 is 1.41 bits per heavy atom. The van der Waals surface area contributed by atoms with Gasteiger partial charge in [-0.2, -0.15) is 10.4 Å². The minimum atomic E-state index is 0.0973. The molecule has 0 unspecified atom stereocenters. The molecule has 0 saturated carbocycles. The second-order valence-electron chi connectivity index (χ2n) is 6.47. The van der Waals surface area contributed by atoms with Crippen molar-refractivity contribution in [3.63, 3.8) is 0 Å². The Labute approximate surface area is 128 Å². The van der Waals surface area contributed by atoms with E-state index in [9.17, 15) is 4.79 Å². The molecular weight excluding hydrogens is 276 g/mol. The molecular formula is C17H18N4O. The van der Waals surface area contributed by atoms with Crippen molar-refractivity contribution < 1.29 is 4.79 Å². The van der Waals surface area contributed by atoms with Gasteiger partial charge in [0.1, 0.15) is 5.69 Å². The van der Waals surface area contributed by atoms with E-state index in [0.29, 0.717) is 29.5 Å². The van der Waals surface area contributed by atoms with Gasteiger partial charge in [0.25, 0.3) is 0 Å². The fourth-order valence-electron chi connectivity index (χ4n) is 3.95. The quantitative estimate of drug-likeness (QED) is 0.882. The van der Waals surface area contributed by atoms with Gasteiger partial charge >= 0.3 is 0 Å². The summed E-state index contributed by atoms with van der Waals surface area (Å²) in [6, 6.07) is 7.42. The molecule has 0 radical (unpaired) electrons. The molecule has 0 amide bonds. The fourth-order valence-corrected chi connectivity index (χ4v) is 3.95. The molecule has 0 spiro atoms. The molecule has 3 saturated heterocycles. The van der Waals surface area contributed by atoms with E-state index in [0.717, 1.165) is 17.4 Å². The molecule has 5 nitrogen and oxygen atoms in total. The zero-order valence-corrected chi connectivity index (χ0v) is 12.4. The van der Waals surface area contributed by atoms with Crippen LogP contribution in [0.5, 0.6) is 0 Å². The zero-order valence-electron chi connectivity index (χ0n) is 12.4. The largest absolute Gasteiger partial charge is 0.303 e. The number of benzene rings is 1. The number of H-pyrrole nitrogens is 1. The summed E-state index contributed by atoms with van der Waals surface area (Å²) in [4.78, 5) is 15.1. The fraction of sp³-hybridized carbons (Fsp3) is 0.471. The highest BCUT2D eigenvalue weighted by atomic mass is 16.1. The van der Waals surface area contributed by atoms with Gasteiger partial charge in [-0.25, -0.2) is 0 Å². The van der Waals surface area contributed by atoms with Crippen LogP contribution in [0.3, 0.4) is 0 Å². The predicted octanol–water partition coefficient (Wildman–Crippen LogP) is 2.35. The summed E-state index contributed by atoms with van der Waals surface area (Å²) < 4.78 is 0. The standard InChI is InChI=1S/C17H18N4O/c18-9-11-1-2-15-14(7-11)17(20-19-15)16(22)8-13-10-21-5-3-12(13)4-6-21/h1-2,7,12-13H,3-6,8,10H2,(H,19,20)/t13-/m0/s1. The average molecular weight is 294 g/mol. The smallest absolute Gasteiger partial charge is 0.184 e. The summed E-state index contributed by atoms with van der Waals surface area (Å²) in [7, 11) is 0. The first-order valence-electron chi connectivity index (χ1n) is 7.88. The highest BCUT2D eigenvalue weighted by Gasteiger charge is 2.35. The van der Waals surface area contributed by atoms with Crippen molar-refractivity contribution in [1.82, 2.24) is 15.1 Å². The SMILES string of the molecule is N#Cc1ccc2[nH]nc(C(=O)C[C@H]3CN4CCC3CC4)c2c1. The molecule has 0 aliphatic carbocycles. The number of nitrogens with one attached hydrogen (secondary N) is 1. The number of Topliss-reactive ketones (excluding diaryl/α,β-unsaturated/α-hetero) is 1. The lowest BCUT2D eigenvalue weighted by atomic mass is 9.76. The van der Waals surface area contributed by atoms with Crippen molar-refractivity contribution in [2.24, 2.45) is 11.8 Å². The molecule has 1 aromatic heterocycles. The maximum Gasteiger partial charge on any atom is 0.184 e. The van der Waals surface area contributed by atoms with Crippen LogP contribution in [0.1, 0.15) is 35.3 Å². The maximum absolute atomic E-state index is 12.7. The van der Waals surface area contributed by atoms with E-state index >= 15 is 0 Å². The molecule has 3 aliphatic rings. The van der Waals surface area contributed by atoms with Crippen LogP contribution in [0.25, 0.3) is 10.9 Å². The second kappa shape index (κ2) is 5.22. The summed E-state index contributed by atoms with van der Waals surface area (Å²) in [5.41, 5.74) is 1.87. The van der Waals surface area contributed by atoms with E-state index in [1.165, 1.54) is 25.9 Å². The van der Waals surface area contributed by atoms with Crippen LogP contribution in [-0.4, -0.2) is 40.5 Å².